The van der Waals surface area contributed by atoms with Gasteiger partial charge in [-0.25, -0.2) is 9.61 Å². The standard InChI is InChI=1S/C7H6N2O.C6H5ClN2S/c1-5-3-2-4-6-7(5)9-10-8-6;1-4-5(7)8-6-9(4)2-3-10-6/h2-4H,1H3;2-3H,1H3. The SMILES string of the molecule is Cc1c(Cl)nc2sccn12.Cc1cccc2nonc12. The van der Waals surface area contributed by atoms with Gasteiger partial charge in [-0.05, 0) is 35.8 Å². The van der Waals surface area contributed by atoms with Crippen molar-refractivity contribution >= 4 is 38.9 Å². The number of imidazole rings is 1. The highest BCUT2D eigenvalue weighted by molar-refractivity contribution is 7.15. The zero-order valence-electron chi connectivity index (χ0n) is 10.9. The Morgan fingerprint density at radius 1 is 1.25 bits per heavy atom. The van der Waals surface area contributed by atoms with Crippen molar-refractivity contribution in [3.05, 3.63) is 46.2 Å². The van der Waals surface area contributed by atoms with Crippen LogP contribution in [0.2, 0.25) is 5.15 Å². The van der Waals surface area contributed by atoms with Gasteiger partial charge in [0.15, 0.2) is 10.1 Å². The molecule has 0 aliphatic carbocycles. The van der Waals surface area contributed by atoms with Gasteiger partial charge in [0.25, 0.3) is 0 Å². The first-order valence-electron chi connectivity index (χ1n) is 5.92. The first-order valence-corrected chi connectivity index (χ1v) is 7.18. The summed E-state index contributed by atoms with van der Waals surface area (Å²) in [4.78, 5) is 5.08. The van der Waals surface area contributed by atoms with E-state index in [-0.39, 0.29) is 0 Å². The number of aromatic nitrogens is 4. The van der Waals surface area contributed by atoms with Gasteiger partial charge in [-0.3, -0.25) is 4.40 Å². The van der Waals surface area contributed by atoms with Crippen LogP contribution in [0.25, 0.3) is 16.0 Å². The summed E-state index contributed by atoms with van der Waals surface area (Å²) in [5.41, 5.74) is 3.78. The van der Waals surface area contributed by atoms with Crippen LogP contribution in [0.4, 0.5) is 0 Å². The van der Waals surface area contributed by atoms with Crippen LogP contribution in [-0.4, -0.2) is 19.7 Å². The number of aryl methyl sites for hydroxylation is 2. The number of nitrogens with zero attached hydrogens (tertiary/aromatic N) is 4. The Balaban J connectivity index is 0.000000121. The molecule has 0 atom stereocenters. The third-order valence-electron chi connectivity index (χ3n) is 2.93. The van der Waals surface area contributed by atoms with Crippen molar-refractivity contribution in [2.45, 2.75) is 13.8 Å². The quantitative estimate of drug-likeness (QED) is 0.494. The Bertz CT molecular complexity index is 864. The van der Waals surface area contributed by atoms with Gasteiger partial charge in [0, 0.05) is 11.6 Å². The van der Waals surface area contributed by atoms with Gasteiger partial charge >= 0.3 is 0 Å². The highest BCUT2D eigenvalue weighted by Crippen LogP contribution is 2.19. The van der Waals surface area contributed by atoms with E-state index in [0.717, 1.165) is 27.3 Å². The molecule has 0 amide bonds. The lowest BCUT2D eigenvalue weighted by molar-refractivity contribution is 0.315. The maximum absolute atomic E-state index is 5.77. The molecule has 102 valence electrons. The van der Waals surface area contributed by atoms with Crippen molar-refractivity contribution in [3.63, 3.8) is 0 Å². The summed E-state index contributed by atoms with van der Waals surface area (Å²) in [5.74, 6) is 0. The number of rotatable bonds is 0. The largest absolute Gasteiger partial charge is 0.293 e. The maximum Gasteiger partial charge on any atom is 0.195 e. The molecule has 7 heteroatoms. The molecule has 0 spiro atoms. The van der Waals surface area contributed by atoms with Crippen LogP contribution >= 0.6 is 22.9 Å². The number of fused-ring (bicyclic) bond motifs is 2. The molecule has 0 bridgehead atoms. The lowest BCUT2D eigenvalue weighted by Gasteiger charge is -1.86. The average Bonchev–Trinajstić information content (AvgIpc) is 3.11. The van der Waals surface area contributed by atoms with Crippen LogP contribution in [0.5, 0.6) is 0 Å². The third kappa shape index (κ3) is 2.28. The van der Waals surface area contributed by atoms with E-state index < -0.39 is 0 Å². The minimum absolute atomic E-state index is 0.604. The van der Waals surface area contributed by atoms with Gasteiger partial charge in [-0.2, -0.15) is 0 Å². The Morgan fingerprint density at radius 3 is 2.85 bits per heavy atom. The molecule has 0 saturated heterocycles. The summed E-state index contributed by atoms with van der Waals surface area (Å²) < 4.78 is 6.52. The predicted octanol–water partition coefficient (Wildman–Crippen LogP) is 3.89. The molecule has 0 N–H and O–H groups in total. The molecule has 3 heterocycles. The summed E-state index contributed by atoms with van der Waals surface area (Å²) in [5, 5.41) is 10.0. The van der Waals surface area contributed by atoms with E-state index in [0.29, 0.717) is 5.15 Å². The molecule has 1 aromatic carbocycles. The topological polar surface area (TPSA) is 56.2 Å². The van der Waals surface area contributed by atoms with Crippen molar-refractivity contribution in [2.75, 3.05) is 0 Å². The molecule has 0 fully saturated rings. The minimum atomic E-state index is 0.604. The fourth-order valence-corrected chi connectivity index (χ4v) is 2.79. The molecule has 0 unspecified atom stereocenters. The lowest BCUT2D eigenvalue weighted by Crippen LogP contribution is -1.77. The Morgan fingerprint density at radius 2 is 2.10 bits per heavy atom. The number of halogens is 1. The van der Waals surface area contributed by atoms with Crippen LogP contribution in [0.1, 0.15) is 11.3 Å². The first kappa shape index (κ1) is 13.1. The lowest BCUT2D eigenvalue weighted by atomic mass is 10.2. The molecule has 4 rings (SSSR count). The Kier molecular flexibility index (Phi) is 3.42. The van der Waals surface area contributed by atoms with Crippen LogP contribution in [0, 0.1) is 13.8 Å². The molecule has 3 aromatic heterocycles. The van der Waals surface area contributed by atoms with Gasteiger partial charge in [0.1, 0.15) is 11.0 Å². The van der Waals surface area contributed by atoms with Gasteiger partial charge < -0.3 is 0 Å². The van der Waals surface area contributed by atoms with E-state index in [1.165, 1.54) is 0 Å². The van der Waals surface area contributed by atoms with E-state index in [4.69, 9.17) is 11.6 Å². The summed E-state index contributed by atoms with van der Waals surface area (Å²) in [7, 11) is 0. The average molecular weight is 307 g/mol. The molecule has 0 saturated carbocycles. The second kappa shape index (κ2) is 5.22. The third-order valence-corrected chi connectivity index (χ3v) is 4.05. The number of thiazole rings is 1. The summed E-state index contributed by atoms with van der Waals surface area (Å²) >= 11 is 7.36. The zero-order chi connectivity index (χ0) is 14.1. The smallest absolute Gasteiger partial charge is 0.195 e. The minimum Gasteiger partial charge on any atom is -0.293 e. The van der Waals surface area contributed by atoms with Crippen LogP contribution in [-0.2, 0) is 0 Å². The first-order chi connectivity index (χ1) is 9.66. The molecule has 4 aromatic rings. The van der Waals surface area contributed by atoms with Gasteiger partial charge in [0.2, 0.25) is 0 Å². The van der Waals surface area contributed by atoms with Gasteiger partial charge in [-0.1, -0.05) is 23.7 Å². The Labute approximate surface area is 123 Å². The van der Waals surface area contributed by atoms with Crippen LogP contribution in [0.15, 0.2) is 34.4 Å². The monoisotopic (exact) mass is 306 g/mol. The molecule has 5 nitrogen and oxygen atoms in total. The fraction of sp³-hybridized carbons (Fsp3) is 0.154. The molecule has 20 heavy (non-hydrogen) atoms. The Hall–Kier alpha value is -1.92. The number of hydrogen-bond donors (Lipinski definition) is 0. The van der Waals surface area contributed by atoms with E-state index in [9.17, 15) is 0 Å². The van der Waals surface area contributed by atoms with E-state index >= 15 is 0 Å². The fourth-order valence-electron chi connectivity index (χ4n) is 1.81. The normalized spacial score (nSPS) is 10.8. The molecule has 0 aliphatic heterocycles. The van der Waals surface area contributed by atoms with Crippen molar-refractivity contribution in [2.24, 2.45) is 0 Å². The van der Waals surface area contributed by atoms with E-state index in [2.05, 4.69) is 19.9 Å². The van der Waals surface area contributed by atoms with Crippen molar-refractivity contribution in [3.8, 4) is 0 Å². The number of hydrogen-bond acceptors (Lipinski definition) is 5. The van der Waals surface area contributed by atoms with Crippen LogP contribution in [0.3, 0.4) is 0 Å². The zero-order valence-corrected chi connectivity index (χ0v) is 12.4. The predicted molar refractivity (Wildman–Crippen MR) is 79.4 cm³/mol. The summed E-state index contributed by atoms with van der Waals surface area (Å²) in [6.45, 7) is 3.93. The summed E-state index contributed by atoms with van der Waals surface area (Å²) in [6.07, 6.45) is 1.97. The van der Waals surface area contributed by atoms with Crippen molar-refractivity contribution < 1.29 is 4.63 Å². The van der Waals surface area contributed by atoms with Gasteiger partial charge in [0.05, 0.1) is 5.69 Å². The van der Waals surface area contributed by atoms with Gasteiger partial charge in [-0.15, -0.1) is 11.3 Å². The van der Waals surface area contributed by atoms with Crippen molar-refractivity contribution in [1.29, 1.82) is 0 Å². The second-order valence-electron chi connectivity index (χ2n) is 4.25. The molecule has 0 radical (unpaired) electrons. The number of benzene rings is 1. The second-order valence-corrected chi connectivity index (χ2v) is 5.48. The van der Waals surface area contributed by atoms with E-state index in [1.54, 1.807) is 11.3 Å². The highest BCUT2D eigenvalue weighted by Gasteiger charge is 2.04. The molecule has 0 aliphatic rings. The highest BCUT2D eigenvalue weighted by atomic mass is 35.5. The maximum atomic E-state index is 5.77. The van der Waals surface area contributed by atoms with Crippen LogP contribution < -0.4 is 0 Å². The molecular formula is C13H11ClN4OS. The van der Waals surface area contributed by atoms with E-state index in [1.807, 2.05) is 48.0 Å². The molecular weight excluding hydrogens is 296 g/mol. The van der Waals surface area contributed by atoms with Crippen molar-refractivity contribution in [1.82, 2.24) is 19.7 Å². The summed E-state index contributed by atoms with van der Waals surface area (Å²) in [6, 6.07) is 5.78.